The van der Waals surface area contributed by atoms with Crippen LogP contribution in [0.5, 0.6) is 0 Å². The van der Waals surface area contributed by atoms with Gasteiger partial charge >= 0.3 is 0 Å². The van der Waals surface area contributed by atoms with Crippen molar-refractivity contribution in [3.8, 4) is 0 Å². The largest absolute Gasteiger partial charge is 0.550 e. The molecule has 25 nitrogen and oxygen atoms in total. The normalized spacial score (nSPS) is 25.3. The first kappa shape index (κ1) is 56.6. The van der Waals surface area contributed by atoms with Crippen molar-refractivity contribution in [2.75, 3.05) is 6.54 Å². The Balaban J connectivity index is 4.09. The zero-order valence-corrected chi connectivity index (χ0v) is 37.5. The molecule has 0 spiro atoms. The molecule has 0 unspecified atom stereocenters. The molecule has 13 N–H and O–H groups in total. The first-order valence-electron chi connectivity index (χ1n) is 21.4. The molecule has 366 valence electrons. The molecular formula is C40H64N10O15-2. The molecule has 0 aromatic rings. The van der Waals surface area contributed by atoms with Gasteiger partial charge in [0.2, 0.25) is 53.2 Å². The fourth-order valence-electron chi connectivity index (χ4n) is 6.59. The topological polar surface area (TPSA) is 424 Å². The summed E-state index contributed by atoms with van der Waals surface area (Å²) < 4.78 is 0. The van der Waals surface area contributed by atoms with Gasteiger partial charge in [-0.3, -0.25) is 43.2 Å². The zero-order valence-electron chi connectivity index (χ0n) is 37.5. The number of carboxylic acids is 3. The lowest BCUT2D eigenvalue weighted by atomic mass is 9.96. The lowest BCUT2D eigenvalue weighted by molar-refractivity contribution is -0.368. The van der Waals surface area contributed by atoms with Crippen LogP contribution in [0.3, 0.4) is 0 Å². The van der Waals surface area contributed by atoms with Gasteiger partial charge in [-0.25, -0.2) is 0 Å². The molecule has 65 heavy (non-hydrogen) atoms. The minimum atomic E-state index is -2.09. The van der Waals surface area contributed by atoms with E-state index < -0.39 is 157 Å². The number of hydrogen-bond donors (Lipinski definition) is 10. The highest BCUT2D eigenvalue weighted by Crippen LogP contribution is 2.14. The van der Waals surface area contributed by atoms with Gasteiger partial charge < -0.3 is 83.7 Å². The Bertz CT molecular complexity index is 1760. The molecule has 9 atom stereocenters. The maximum absolute atomic E-state index is 14.0. The molecule has 1 aliphatic heterocycles. The van der Waals surface area contributed by atoms with Gasteiger partial charge in [-0.15, -0.1) is 0 Å². The molecule has 1 fully saturated rings. The highest BCUT2D eigenvalue weighted by atomic mass is 16.4. The van der Waals surface area contributed by atoms with Crippen molar-refractivity contribution in [1.82, 2.24) is 42.5 Å². The van der Waals surface area contributed by atoms with E-state index in [0.717, 1.165) is 0 Å². The third kappa shape index (κ3) is 20.8. The van der Waals surface area contributed by atoms with E-state index in [9.17, 15) is 72.9 Å². The van der Waals surface area contributed by atoms with Gasteiger partial charge in [0.1, 0.15) is 48.3 Å². The third-order valence-corrected chi connectivity index (χ3v) is 10.1. The maximum Gasteiger partial charge on any atom is 0.243 e. The molecule has 0 saturated carbocycles. The molecule has 1 saturated heterocycles. The summed E-state index contributed by atoms with van der Waals surface area (Å²) in [7, 11) is 0. The fraction of sp³-hybridized carbons (Fsp3) is 0.700. The molecule has 0 bridgehead atoms. The highest BCUT2D eigenvalue weighted by Gasteiger charge is 2.37. The second-order valence-corrected chi connectivity index (χ2v) is 16.8. The summed E-state index contributed by atoms with van der Waals surface area (Å²) in [4.78, 5) is 158. The van der Waals surface area contributed by atoms with E-state index in [0.29, 0.717) is 19.4 Å². The van der Waals surface area contributed by atoms with Crippen LogP contribution in [0, 0.1) is 17.8 Å². The summed E-state index contributed by atoms with van der Waals surface area (Å²) in [6, 6.07) is -14.1. The summed E-state index contributed by atoms with van der Waals surface area (Å²) in [5, 5.41) is 53.7. The molecule has 0 aliphatic carbocycles. The van der Waals surface area contributed by atoms with Crippen molar-refractivity contribution < 1.29 is 78.6 Å². The Kier molecular flexibility index (Phi) is 24.1. The number of nitrogens with one attached hydrogen (secondary N) is 8. The standard InChI is InChI=1S/C40H66N10O15/c1-7-20(6)32-40(65)49-27(17-31(56)57)39(64)46-24(14-28(42)51)36(61)44-23(13-19(4)5)35(60)47-26(16-30(54)55)38(63)48-25(15-29(52)53)37(62)45-22(12-18(2)3)34(59)43-21(33(58)50-32)10-8-9-11-41/h18-27,32H,7-17,41H2,1-6H3,(H2,42,51)(H,43,59)(H,44,61)(H,45,62)(H,46,64)(H,47,60)(H,48,63)(H,49,65)(H,50,58)(H,52,53)(H,54,55)(H,56,57)/p-2/t20-,21-,22-,23-,24-,25-,26-,27-,32-/m0/s1. The average molecular weight is 925 g/mol. The van der Waals surface area contributed by atoms with Gasteiger partial charge in [0.15, 0.2) is 0 Å². The maximum atomic E-state index is 14.0. The van der Waals surface area contributed by atoms with E-state index in [1.807, 2.05) is 0 Å². The Labute approximate surface area is 375 Å². The van der Waals surface area contributed by atoms with Crippen LogP contribution in [0.15, 0.2) is 0 Å². The van der Waals surface area contributed by atoms with Gasteiger partial charge in [0.25, 0.3) is 0 Å². The zero-order chi connectivity index (χ0) is 49.7. The summed E-state index contributed by atoms with van der Waals surface area (Å²) >= 11 is 0. The second-order valence-electron chi connectivity index (χ2n) is 16.8. The number of aliphatic carboxylic acids is 3. The van der Waals surface area contributed by atoms with Crippen molar-refractivity contribution in [3.05, 3.63) is 0 Å². The van der Waals surface area contributed by atoms with Gasteiger partial charge in [-0.1, -0.05) is 48.0 Å². The SMILES string of the molecule is CC[C@H](C)[C@@H]1NC(=O)[C@H](CCCC[NH3+])NC(=O)[C@H](CC(C)C)NC(=O)[C@H](CC(=O)[O-])NC(=O)[C@H](CC(=O)[O-])NC(=O)[C@H](CC(C)C)NC(=O)[C@H](CC(N)=O)NC(=O)[C@H](CC(=O)[O-])NC1=O. The molecule has 0 aromatic heterocycles. The van der Waals surface area contributed by atoms with Crippen LogP contribution in [0.1, 0.15) is 106 Å². The Morgan fingerprint density at radius 1 is 0.492 bits per heavy atom. The van der Waals surface area contributed by atoms with Crippen molar-refractivity contribution in [2.24, 2.45) is 23.5 Å². The Hall–Kier alpha value is -6.40. The molecule has 1 aliphatic rings. The summed E-state index contributed by atoms with van der Waals surface area (Å²) in [5.74, 6) is -17.7. The van der Waals surface area contributed by atoms with E-state index in [4.69, 9.17) is 5.73 Å². The number of primary amides is 1. The molecule has 9 amide bonds. The number of carboxylic acid groups (broad SMARTS) is 3. The van der Waals surface area contributed by atoms with E-state index in [1.165, 1.54) is 0 Å². The van der Waals surface area contributed by atoms with Gasteiger partial charge in [-0.05, 0) is 49.9 Å². The van der Waals surface area contributed by atoms with Crippen LogP contribution in [0.2, 0.25) is 0 Å². The van der Waals surface area contributed by atoms with Crippen molar-refractivity contribution in [1.29, 1.82) is 0 Å². The monoisotopic (exact) mass is 924 g/mol. The first-order chi connectivity index (χ1) is 30.3. The minimum absolute atomic E-state index is 0.0315. The number of unbranched alkanes of at least 4 members (excludes halogenated alkanes) is 1. The molecular weight excluding hydrogens is 860 g/mol. The van der Waals surface area contributed by atoms with Crippen LogP contribution in [-0.4, -0.2) is 126 Å². The van der Waals surface area contributed by atoms with E-state index in [1.54, 1.807) is 41.5 Å². The van der Waals surface area contributed by atoms with Crippen molar-refractivity contribution >= 4 is 71.1 Å². The number of carbonyl (C=O) groups excluding carboxylic acids is 12. The molecule has 25 heteroatoms. The van der Waals surface area contributed by atoms with Crippen LogP contribution < -0.4 is 69.3 Å². The van der Waals surface area contributed by atoms with E-state index in [2.05, 4.69) is 48.3 Å². The smallest absolute Gasteiger partial charge is 0.243 e. The third-order valence-electron chi connectivity index (χ3n) is 10.1. The van der Waals surface area contributed by atoms with Crippen LogP contribution in [0.25, 0.3) is 0 Å². The number of nitrogens with two attached hydrogens (primary N) is 1. The minimum Gasteiger partial charge on any atom is -0.550 e. The molecule has 1 heterocycles. The summed E-state index contributed by atoms with van der Waals surface area (Å²) in [5.41, 5.74) is 9.11. The van der Waals surface area contributed by atoms with Gasteiger partial charge in [0, 0.05) is 37.2 Å². The number of quaternary nitrogens is 1. The Morgan fingerprint density at radius 2 is 0.800 bits per heavy atom. The quantitative estimate of drug-likeness (QED) is 0.0571. The predicted molar refractivity (Wildman–Crippen MR) is 218 cm³/mol. The van der Waals surface area contributed by atoms with Crippen molar-refractivity contribution in [2.45, 2.75) is 154 Å². The number of amides is 9. The summed E-state index contributed by atoms with van der Waals surface area (Å²) in [6.45, 7) is 10.2. The first-order valence-corrected chi connectivity index (χ1v) is 21.4. The van der Waals surface area contributed by atoms with Crippen LogP contribution in [-0.2, 0) is 57.5 Å². The summed E-state index contributed by atoms with van der Waals surface area (Å²) in [6.07, 6.45) is -3.91. The highest BCUT2D eigenvalue weighted by molar-refractivity contribution is 6.01. The van der Waals surface area contributed by atoms with Crippen molar-refractivity contribution in [3.63, 3.8) is 0 Å². The van der Waals surface area contributed by atoms with Gasteiger partial charge in [0.05, 0.1) is 13.0 Å². The number of rotatable bonds is 18. The fourth-order valence-corrected chi connectivity index (χ4v) is 6.59. The number of carbonyl (C=O) groups is 12. The molecule has 0 aromatic carbocycles. The lowest BCUT2D eigenvalue weighted by Crippen LogP contribution is -2.63. The van der Waals surface area contributed by atoms with Crippen LogP contribution in [0.4, 0.5) is 0 Å². The second kappa shape index (κ2) is 27.7. The van der Waals surface area contributed by atoms with E-state index >= 15 is 0 Å². The predicted octanol–water partition coefficient (Wildman–Crippen LogP) is -8.28. The van der Waals surface area contributed by atoms with Crippen LogP contribution >= 0.6 is 0 Å². The molecule has 0 radical (unpaired) electrons. The van der Waals surface area contributed by atoms with Gasteiger partial charge in [-0.2, -0.15) is 0 Å². The average Bonchev–Trinajstić information content (AvgIpc) is 3.18. The Morgan fingerprint density at radius 3 is 1.12 bits per heavy atom. The van der Waals surface area contributed by atoms with E-state index in [-0.39, 0.29) is 31.6 Å². The number of hydrogen-bond acceptors (Lipinski definition) is 15. The lowest BCUT2D eigenvalue weighted by Gasteiger charge is -2.30. The molecule has 1 rings (SSSR count).